The number of nitrogens with zero attached hydrogens (tertiary/aromatic N) is 1. The van der Waals surface area contributed by atoms with Gasteiger partial charge in [0.15, 0.2) is 0 Å². The third-order valence-electron chi connectivity index (χ3n) is 1.48. The van der Waals surface area contributed by atoms with Crippen LogP contribution in [0.1, 0.15) is 0 Å². The lowest BCUT2D eigenvalue weighted by Crippen LogP contribution is -2.20. The number of carbonyl (C=O) groups excluding carboxylic acids is 1. The number of amides is 1. The van der Waals surface area contributed by atoms with E-state index in [4.69, 9.17) is 11.6 Å². The fourth-order valence-corrected chi connectivity index (χ4v) is 1.08. The lowest BCUT2D eigenvalue weighted by molar-refractivity contribution is 0.229. The Balaban J connectivity index is 3.02. The van der Waals surface area contributed by atoms with Crippen LogP contribution in [0.4, 0.5) is 14.9 Å². The molecule has 0 aliphatic heterocycles. The van der Waals surface area contributed by atoms with E-state index in [0.717, 1.165) is 4.90 Å². The number of rotatable bonds is 1. The molecule has 0 spiro atoms. The largest absolute Gasteiger partial charge is 0.404 e. The van der Waals surface area contributed by atoms with Gasteiger partial charge in [0, 0.05) is 7.05 Å². The highest BCUT2D eigenvalue weighted by Gasteiger charge is 2.11. The minimum Gasteiger partial charge on any atom is -0.286 e. The second kappa shape index (κ2) is 3.54. The molecule has 0 bridgehead atoms. The number of halogens is 2. The Hall–Kier alpha value is -1.09. The maximum absolute atomic E-state index is 12.2. The van der Waals surface area contributed by atoms with Gasteiger partial charge in [-0.2, -0.15) is 0 Å². The molecule has 1 aromatic carbocycles. The lowest BCUT2D eigenvalue weighted by atomic mass is 10.3. The van der Waals surface area contributed by atoms with Crippen LogP contribution in [-0.2, 0) is 0 Å². The summed E-state index contributed by atoms with van der Waals surface area (Å²) in [6.45, 7) is 0. The molecule has 0 aliphatic carbocycles. The highest BCUT2D eigenvalue weighted by molar-refractivity contribution is 6.33. The average molecular weight is 188 g/mol. The van der Waals surface area contributed by atoms with Crippen LogP contribution < -0.4 is 4.90 Å². The Bertz CT molecular complexity index is 303. The topological polar surface area (TPSA) is 20.3 Å². The van der Waals surface area contributed by atoms with Crippen LogP contribution in [0.15, 0.2) is 24.3 Å². The van der Waals surface area contributed by atoms with Gasteiger partial charge in [0.25, 0.3) is 0 Å². The summed E-state index contributed by atoms with van der Waals surface area (Å²) in [6, 6.07) is 6.55. The zero-order chi connectivity index (χ0) is 9.14. The van der Waals surface area contributed by atoms with Crippen LogP contribution in [0, 0.1) is 0 Å². The summed E-state index contributed by atoms with van der Waals surface area (Å²) >= 11 is 5.70. The van der Waals surface area contributed by atoms with E-state index in [1.165, 1.54) is 7.05 Å². The molecular weight excluding hydrogens is 181 g/mol. The van der Waals surface area contributed by atoms with Gasteiger partial charge in [0.2, 0.25) is 0 Å². The molecule has 1 aromatic rings. The predicted molar refractivity (Wildman–Crippen MR) is 46.4 cm³/mol. The molecule has 0 fully saturated rings. The molecule has 12 heavy (non-hydrogen) atoms. The molecule has 0 aliphatic rings. The smallest absolute Gasteiger partial charge is 0.286 e. The summed E-state index contributed by atoms with van der Waals surface area (Å²) in [6.07, 6.45) is -1.52. The van der Waals surface area contributed by atoms with Crippen LogP contribution in [0.5, 0.6) is 0 Å². The summed E-state index contributed by atoms with van der Waals surface area (Å²) in [5.41, 5.74) is 0.367. The third kappa shape index (κ3) is 1.74. The Labute approximate surface area is 74.6 Å². The molecule has 0 saturated heterocycles. The van der Waals surface area contributed by atoms with Gasteiger partial charge in [-0.05, 0) is 12.1 Å². The number of carbonyl (C=O) groups is 1. The van der Waals surface area contributed by atoms with Gasteiger partial charge < -0.3 is 0 Å². The number of anilines is 1. The van der Waals surface area contributed by atoms with Gasteiger partial charge >= 0.3 is 6.16 Å². The summed E-state index contributed by atoms with van der Waals surface area (Å²) in [5, 5.41) is 0.353. The SMILES string of the molecule is CN(C(=O)F)c1ccccc1Cl. The summed E-state index contributed by atoms with van der Waals surface area (Å²) in [7, 11) is 1.32. The van der Waals surface area contributed by atoms with E-state index in [2.05, 4.69) is 0 Å². The van der Waals surface area contributed by atoms with E-state index in [0.29, 0.717) is 10.7 Å². The summed E-state index contributed by atoms with van der Waals surface area (Å²) in [4.78, 5) is 11.1. The van der Waals surface area contributed by atoms with Crippen LogP contribution in [0.2, 0.25) is 5.02 Å². The van der Waals surface area contributed by atoms with Gasteiger partial charge in [-0.3, -0.25) is 4.90 Å². The van der Waals surface area contributed by atoms with E-state index in [-0.39, 0.29) is 0 Å². The Morgan fingerprint density at radius 3 is 2.58 bits per heavy atom. The highest BCUT2D eigenvalue weighted by Crippen LogP contribution is 2.24. The number of benzene rings is 1. The Morgan fingerprint density at radius 1 is 1.50 bits per heavy atom. The van der Waals surface area contributed by atoms with Crippen molar-refractivity contribution in [2.75, 3.05) is 11.9 Å². The van der Waals surface area contributed by atoms with Crippen molar-refractivity contribution in [1.82, 2.24) is 0 Å². The second-order valence-electron chi connectivity index (χ2n) is 2.26. The minimum absolute atomic E-state index is 0.353. The van der Waals surface area contributed by atoms with Gasteiger partial charge in [-0.15, -0.1) is 4.39 Å². The van der Waals surface area contributed by atoms with E-state index in [9.17, 15) is 9.18 Å². The average Bonchev–Trinajstić information content (AvgIpc) is 2.04. The highest BCUT2D eigenvalue weighted by atomic mass is 35.5. The first-order valence-corrected chi connectivity index (χ1v) is 3.68. The summed E-state index contributed by atoms with van der Waals surface area (Å²) in [5.74, 6) is 0. The van der Waals surface area contributed by atoms with E-state index < -0.39 is 6.16 Å². The van der Waals surface area contributed by atoms with E-state index in [1.54, 1.807) is 24.3 Å². The summed E-state index contributed by atoms with van der Waals surface area (Å²) < 4.78 is 12.2. The zero-order valence-corrected chi connectivity index (χ0v) is 7.18. The Morgan fingerprint density at radius 2 is 2.08 bits per heavy atom. The molecule has 1 rings (SSSR count). The van der Waals surface area contributed by atoms with E-state index >= 15 is 0 Å². The van der Waals surface area contributed by atoms with Crippen molar-refractivity contribution in [3.8, 4) is 0 Å². The number of hydrogen-bond donors (Lipinski definition) is 0. The molecule has 0 saturated carbocycles. The van der Waals surface area contributed by atoms with Crippen LogP contribution in [0.3, 0.4) is 0 Å². The minimum atomic E-state index is -1.52. The molecule has 64 valence electrons. The first-order valence-electron chi connectivity index (χ1n) is 3.30. The molecule has 0 N–H and O–H groups in total. The molecule has 0 aromatic heterocycles. The molecule has 4 heteroatoms. The maximum Gasteiger partial charge on any atom is 0.404 e. The normalized spacial score (nSPS) is 9.58. The predicted octanol–water partition coefficient (Wildman–Crippen LogP) is 2.87. The van der Waals surface area contributed by atoms with Gasteiger partial charge in [-0.25, -0.2) is 4.79 Å². The standard InChI is InChI=1S/C8H7ClFNO/c1-11(8(10)12)7-5-3-2-4-6(7)9/h2-5H,1H3. The molecule has 1 amide bonds. The van der Waals surface area contributed by atoms with Gasteiger partial charge in [0.05, 0.1) is 10.7 Å². The van der Waals surface area contributed by atoms with Gasteiger partial charge in [0.1, 0.15) is 0 Å². The molecule has 0 radical (unpaired) electrons. The molecule has 2 nitrogen and oxygen atoms in total. The van der Waals surface area contributed by atoms with Crippen molar-refractivity contribution in [2.24, 2.45) is 0 Å². The van der Waals surface area contributed by atoms with Crippen molar-refractivity contribution in [3.63, 3.8) is 0 Å². The van der Waals surface area contributed by atoms with Crippen molar-refractivity contribution in [3.05, 3.63) is 29.3 Å². The van der Waals surface area contributed by atoms with Crippen molar-refractivity contribution >= 4 is 23.4 Å². The molecule has 0 unspecified atom stereocenters. The molecule has 0 heterocycles. The second-order valence-corrected chi connectivity index (χ2v) is 2.67. The van der Waals surface area contributed by atoms with Gasteiger partial charge in [-0.1, -0.05) is 23.7 Å². The first-order chi connectivity index (χ1) is 5.63. The monoisotopic (exact) mass is 187 g/mol. The molecular formula is C8H7ClFNO. The lowest BCUT2D eigenvalue weighted by Gasteiger charge is -2.12. The van der Waals surface area contributed by atoms with Crippen LogP contribution in [0.25, 0.3) is 0 Å². The molecule has 0 atom stereocenters. The van der Waals surface area contributed by atoms with E-state index in [1.807, 2.05) is 0 Å². The number of para-hydroxylation sites is 1. The van der Waals surface area contributed by atoms with Crippen LogP contribution >= 0.6 is 11.6 Å². The van der Waals surface area contributed by atoms with Crippen molar-refractivity contribution in [1.29, 1.82) is 0 Å². The van der Waals surface area contributed by atoms with Crippen LogP contribution in [-0.4, -0.2) is 13.2 Å². The number of hydrogen-bond acceptors (Lipinski definition) is 1. The fourth-order valence-electron chi connectivity index (χ4n) is 0.818. The van der Waals surface area contributed by atoms with Crippen molar-refractivity contribution < 1.29 is 9.18 Å². The van der Waals surface area contributed by atoms with Crippen molar-refractivity contribution in [2.45, 2.75) is 0 Å². The quantitative estimate of drug-likeness (QED) is 0.489. The maximum atomic E-state index is 12.2. The fraction of sp³-hybridized carbons (Fsp3) is 0.125. The zero-order valence-electron chi connectivity index (χ0n) is 6.42. The first kappa shape index (κ1) is 9.00. The Kier molecular flexibility index (Phi) is 2.65. The third-order valence-corrected chi connectivity index (χ3v) is 1.80.